The van der Waals surface area contributed by atoms with E-state index in [0.29, 0.717) is 28.7 Å². The van der Waals surface area contributed by atoms with Crippen LogP contribution in [-0.4, -0.2) is 33.7 Å². The molecule has 0 aliphatic heterocycles. The molecule has 0 saturated carbocycles. The van der Waals surface area contributed by atoms with E-state index in [1.165, 1.54) is 31.5 Å². The first kappa shape index (κ1) is 22.2. The first-order valence-electron chi connectivity index (χ1n) is 9.97. The number of aryl methyl sites for hydroxylation is 1. The standard InChI is InChI=1S/C23H21N5O4S/c1-15-16(2)28(14-26-15)22-12-23(25-13-24-22)32-20-9-7-19(8-10-20)27-33(30,31)21-6-4-5-18(11-21)17(3)29/h4-14,27H,1-3H3. The van der Waals surface area contributed by atoms with Gasteiger partial charge in [0, 0.05) is 23.0 Å². The third-order valence-electron chi connectivity index (χ3n) is 5.01. The van der Waals surface area contributed by atoms with E-state index < -0.39 is 10.0 Å². The number of hydrogen-bond acceptors (Lipinski definition) is 7. The number of carbonyl (C=O) groups excluding carboxylic acids is 1. The fraction of sp³-hybridized carbons (Fsp3) is 0.130. The number of anilines is 1. The summed E-state index contributed by atoms with van der Waals surface area (Å²) in [6.07, 6.45) is 3.08. The summed E-state index contributed by atoms with van der Waals surface area (Å²) in [5, 5.41) is 0. The first-order valence-corrected chi connectivity index (χ1v) is 11.5. The summed E-state index contributed by atoms with van der Waals surface area (Å²) in [5.74, 6) is 1.22. The number of benzene rings is 2. The van der Waals surface area contributed by atoms with Crippen LogP contribution in [-0.2, 0) is 10.0 Å². The fourth-order valence-corrected chi connectivity index (χ4v) is 4.16. The minimum Gasteiger partial charge on any atom is -0.439 e. The predicted octanol–water partition coefficient (Wildman–Crippen LogP) is 4.07. The molecule has 2 aromatic heterocycles. The van der Waals surface area contributed by atoms with Gasteiger partial charge in [-0.3, -0.25) is 14.1 Å². The molecule has 0 bridgehead atoms. The Morgan fingerprint density at radius 3 is 2.42 bits per heavy atom. The van der Waals surface area contributed by atoms with Crippen LogP contribution in [0.4, 0.5) is 5.69 Å². The minimum absolute atomic E-state index is 0.00840. The van der Waals surface area contributed by atoms with Gasteiger partial charge >= 0.3 is 0 Å². The molecule has 2 aromatic carbocycles. The maximum atomic E-state index is 12.7. The molecule has 168 valence electrons. The zero-order valence-corrected chi connectivity index (χ0v) is 19.0. The maximum absolute atomic E-state index is 12.7. The van der Waals surface area contributed by atoms with Crippen LogP contribution >= 0.6 is 0 Å². The van der Waals surface area contributed by atoms with Crippen molar-refractivity contribution in [3.8, 4) is 17.4 Å². The van der Waals surface area contributed by atoms with E-state index >= 15 is 0 Å². The minimum atomic E-state index is -3.85. The molecule has 0 fully saturated rings. The summed E-state index contributed by atoms with van der Waals surface area (Å²) in [6, 6.07) is 14.0. The quantitative estimate of drug-likeness (QED) is 0.411. The number of ketones is 1. The number of imidazole rings is 1. The summed E-state index contributed by atoms with van der Waals surface area (Å²) in [4.78, 5) is 24.2. The van der Waals surface area contributed by atoms with E-state index in [9.17, 15) is 13.2 Å². The molecular weight excluding hydrogens is 442 g/mol. The van der Waals surface area contributed by atoms with Crippen molar-refractivity contribution >= 4 is 21.5 Å². The van der Waals surface area contributed by atoms with Gasteiger partial charge in [0.25, 0.3) is 10.0 Å². The molecule has 0 unspecified atom stereocenters. The van der Waals surface area contributed by atoms with Crippen LogP contribution < -0.4 is 9.46 Å². The summed E-state index contributed by atoms with van der Waals surface area (Å²) < 4.78 is 35.5. The third kappa shape index (κ3) is 4.90. The summed E-state index contributed by atoms with van der Waals surface area (Å²) >= 11 is 0. The first-order chi connectivity index (χ1) is 15.7. The normalized spacial score (nSPS) is 11.2. The Hall–Kier alpha value is -4.05. The van der Waals surface area contributed by atoms with Crippen molar-refractivity contribution < 1.29 is 17.9 Å². The Labute approximate surface area is 191 Å². The molecule has 0 aliphatic rings. The average Bonchev–Trinajstić information content (AvgIpc) is 3.13. The van der Waals surface area contributed by atoms with Crippen LogP contribution in [0.5, 0.6) is 11.6 Å². The SMILES string of the molecule is CC(=O)c1cccc(S(=O)(=O)Nc2ccc(Oc3cc(-n4cnc(C)c4C)ncn3)cc2)c1. The van der Waals surface area contributed by atoms with Crippen molar-refractivity contribution in [2.75, 3.05) is 4.72 Å². The molecular formula is C23H21N5O4S. The highest BCUT2D eigenvalue weighted by atomic mass is 32.2. The Bertz CT molecular complexity index is 1430. The van der Waals surface area contributed by atoms with Gasteiger partial charge in [0.15, 0.2) is 5.78 Å². The molecule has 0 saturated heterocycles. The third-order valence-corrected chi connectivity index (χ3v) is 6.38. The van der Waals surface area contributed by atoms with Crippen LogP contribution in [0.3, 0.4) is 0 Å². The molecule has 0 radical (unpaired) electrons. The predicted molar refractivity (Wildman–Crippen MR) is 122 cm³/mol. The van der Waals surface area contributed by atoms with E-state index in [2.05, 4.69) is 19.7 Å². The largest absolute Gasteiger partial charge is 0.439 e. The number of rotatable bonds is 7. The van der Waals surface area contributed by atoms with Crippen molar-refractivity contribution in [2.24, 2.45) is 0 Å². The van der Waals surface area contributed by atoms with Crippen molar-refractivity contribution in [1.29, 1.82) is 0 Å². The number of sulfonamides is 1. The van der Waals surface area contributed by atoms with Crippen LogP contribution in [0.1, 0.15) is 28.7 Å². The van der Waals surface area contributed by atoms with Gasteiger partial charge in [-0.05, 0) is 57.2 Å². The summed E-state index contributed by atoms with van der Waals surface area (Å²) in [7, 11) is -3.85. The zero-order chi connectivity index (χ0) is 23.6. The van der Waals surface area contributed by atoms with Gasteiger partial charge in [-0.25, -0.2) is 23.4 Å². The van der Waals surface area contributed by atoms with Crippen molar-refractivity contribution in [3.05, 3.63) is 84.2 Å². The molecule has 2 heterocycles. The van der Waals surface area contributed by atoms with E-state index in [4.69, 9.17) is 4.74 Å². The van der Waals surface area contributed by atoms with Gasteiger partial charge in [-0.2, -0.15) is 0 Å². The van der Waals surface area contributed by atoms with Crippen LogP contribution in [0, 0.1) is 13.8 Å². The molecule has 0 spiro atoms. The molecule has 0 amide bonds. The lowest BCUT2D eigenvalue weighted by Gasteiger charge is -2.10. The topological polar surface area (TPSA) is 116 Å². The number of nitrogens with zero attached hydrogens (tertiary/aromatic N) is 4. The van der Waals surface area contributed by atoms with E-state index in [0.717, 1.165) is 11.4 Å². The van der Waals surface area contributed by atoms with Gasteiger partial charge in [-0.1, -0.05) is 12.1 Å². The Kier molecular flexibility index (Phi) is 5.93. The highest BCUT2D eigenvalue weighted by molar-refractivity contribution is 7.92. The van der Waals surface area contributed by atoms with E-state index in [1.807, 2.05) is 18.4 Å². The van der Waals surface area contributed by atoms with E-state index in [-0.39, 0.29) is 10.7 Å². The molecule has 1 N–H and O–H groups in total. The molecule has 33 heavy (non-hydrogen) atoms. The van der Waals surface area contributed by atoms with Crippen LogP contribution in [0.25, 0.3) is 5.82 Å². The average molecular weight is 464 g/mol. The number of carbonyl (C=O) groups is 1. The second-order valence-corrected chi connectivity index (χ2v) is 9.00. The summed E-state index contributed by atoms with van der Waals surface area (Å²) in [6.45, 7) is 5.25. The maximum Gasteiger partial charge on any atom is 0.261 e. The Morgan fingerprint density at radius 1 is 1.00 bits per heavy atom. The highest BCUT2D eigenvalue weighted by Crippen LogP contribution is 2.24. The van der Waals surface area contributed by atoms with Gasteiger partial charge in [0.05, 0.1) is 10.6 Å². The highest BCUT2D eigenvalue weighted by Gasteiger charge is 2.16. The summed E-state index contributed by atoms with van der Waals surface area (Å²) in [5.41, 5.74) is 2.54. The van der Waals surface area contributed by atoms with Crippen molar-refractivity contribution in [1.82, 2.24) is 19.5 Å². The van der Waals surface area contributed by atoms with Crippen LogP contribution in [0.2, 0.25) is 0 Å². The number of aromatic nitrogens is 4. The Morgan fingerprint density at radius 2 is 1.76 bits per heavy atom. The fourth-order valence-electron chi connectivity index (χ4n) is 3.06. The number of hydrogen-bond donors (Lipinski definition) is 1. The van der Waals surface area contributed by atoms with Gasteiger partial charge < -0.3 is 4.74 Å². The van der Waals surface area contributed by atoms with E-state index in [1.54, 1.807) is 42.7 Å². The molecule has 0 atom stereocenters. The second kappa shape index (κ2) is 8.83. The number of Topliss-reactive ketones (excluding diaryl/α,β-unsaturated/α-hetero) is 1. The number of ether oxygens (including phenoxy) is 1. The molecule has 0 aliphatic carbocycles. The second-order valence-electron chi connectivity index (χ2n) is 7.32. The van der Waals surface area contributed by atoms with Crippen molar-refractivity contribution in [2.45, 2.75) is 25.7 Å². The lowest BCUT2D eigenvalue weighted by molar-refractivity contribution is 0.101. The van der Waals surface area contributed by atoms with Crippen molar-refractivity contribution in [3.63, 3.8) is 0 Å². The monoisotopic (exact) mass is 463 g/mol. The Balaban J connectivity index is 1.49. The molecule has 9 nitrogen and oxygen atoms in total. The lowest BCUT2D eigenvalue weighted by Crippen LogP contribution is -2.13. The van der Waals surface area contributed by atoms with Gasteiger partial charge in [0.2, 0.25) is 5.88 Å². The van der Waals surface area contributed by atoms with Gasteiger partial charge in [0.1, 0.15) is 24.2 Å². The molecule has 10 heteroatoms. The lowest BCUT2D eigenvalue weighted by atomic mass is 10.2. The number of nitrogens with one attached hydrogen (secondary N) is 1. The zero-order valence-electron chi connectivity index (χ0n) is 18.2. The van der Waals surface area contributed by atoms with Crippen LogP contribution in [0.15, 0.2) is 72.1 Å². The molecule has 4 rings (SSSR count). The molecule has 4 aromatic rings. The van der Waals surface area contributed by atoms with Gasteiger partial charge in [-0.15, -0.1) is 0 Å². The smallest absolute Gasteiger partial charge is 0.261 e.